The van der Waals surface area contributed by atoms with Gasteiger partial charge in [-0.2, -0.15) is 0 Å². The first-order valence-corrected chi connectivity index (χ1v) is 6.30. The fourth-order valence-electron chi connectivity index (χ4n) is 1.59. The van der Waals surface area contributed by atoms with Gasteiger partial charge in [0, 0.05) is 5.56 Å². The summed E-state index contributed by atoms with van der Waals surface area (Å²) < 4.78 is 0. The van der Waals surface area contributed by atoms with Gasteiger partial charge < -0.3 is 0 Å². The summed E-state index contributed by atoms with van der Waals surface area (Å²) in [6.07, 6.45) is 0. The highest BCUT2D eigenvalue weighted by atomic mass is 32.1. The fourth-order valence-corrected chi connectivity index (χ4v) is 2.16. The summed E-state index contributed by atoms with van der Waals surface area (Å²) in [6.45, 7) is 4.40. The average Bonchev–Trinajstić information content (AvgIpc) is 2.79. The zero-order valence-electron chi connectivity index (χ0n) is 9.53. The Morgan fingerprint density at radius 2 is 1.81 bits per heavy atom. The molecule has 1 aromatic heterocycles. The smallest absolute Gasteiger partial charge is 0.0772 e. The molecule has 0 aliphatic carbocycles. The molecule has 0 nitrogen and oxygen atoms in total. The van der Waals surface area contributed by atoms with Crippen molar-refractivity contribution in [3.63, 3.8) is 0 Å². The fraction of sp³-hybridized carbons (Fsp3) is 0.200. The third-order valence-corrected chi connectivity index (χ3v) is 3.21. The zero-order chi connectivity index (χ0) is 11.4. The van der Waals surface area contributed by atoms with Gasteiger partial charge in [-0.15, -0.1) is 11.3 Å². The van der Waals surface area contributed by atoms with Gasteiger partial charge in [0.2, 0.25) is 0 Å². The minimum Gasteiger partial charge on any atom is -0.135 e. The Kier molecular flexibility index (Phi) is 3.44. The lowest BCUT2D eigenvalue weighted by molar-refractivity contribution is 0.863. The molecule has 0 fully saturated rings. The van der Waals surface area contributed by atoms with Crippen molar-refractivity contribution in [1.82, 2.24) is 0 Å². The van der Waals surface area contributed by atoms with E-state index in [0.717, 1.165) is 10.4 Å². The molecule has 0 saturated carbocycles. The Balaban J connectivity index is 2.34. The molecule has 1 aromatic carbocycles. The number of hydrogen-bond acceptors (Lipinski definition) is 1. The number of benzene rings is 1. The quantitative estimate of drug-likeness (QED) is 0.637. The van der Waals surface area contributed by atoms with E-state index >= 15 is 0 Å². The van der Waals surface area contributed by atoms with E-state index < -0.39 is 0 Å². The van der Waals surface area contributed by atoms with Gasteiger partial charge in [-0.3, -0.25) is 0 Å². The van der Waals surface area contributed by atoms with Crippen molar-refractivity contribution < 1.29 is 0 Å². The van der Waals surface area contributed by atoms with Crippen LogP contribution in [-0.2, 0) is 0 Å². The summed E-state index contributed by atoms with van der Waals surface area (Å²) >= 11 is 1.68. The summed E-state index contributed by atoms with van der Waals surface area (Å²) in [4.78, 5) is 1.12. The lowest BCUT2D eigenvalue weighted by Gasteiger charge is -2.07. The van der Waals surface area contributed by atoms with Crippen LogP contribution in [0.3, 0.4) is 0 Å². The van der Waals surface area contributed by atoms with E-state index in [4.69, 9.17) is 0 Å². The van der Waals surface area contributed by atoms with Crippen molar-refractivity contribution in [3.8, 4) is 11.8 Å². The highest BCUT2D eigenvalue weighted by Crippen LogP contribution is 2.18. The molecule has 0 spiro atoms. The molecule has 1 heteroatoms. The van der Waals surface area contributed by atoms with Gasteiger partial charge >= 0.3 is 0 Å². The van der Waals surface area contributed by atoms with Crippen LogP contribution >= 0.6 is 11.3 Å². The standard InChI is InChI=1S/C15H14S/c1-12(2)15-8-4-3-6-13(15)9-10-14-7-5-11-16-14/h3-8,11-12H,1-2H3. The highest BCUT2D eigenvalue weighted by Gasteiger charge is 2.02. The monoisotopic (exact) mass is 226 g/mol. The highest BCUT2D eigenvalue weighted by molar-refractivity contribution is 7.10. The maximum absolute atomic E-state index is 3.26. The third-order valence-electron chi connectivity index (χ3n) is 2.42. The molecule has 0 amide bonds. The largest absolute Gasteiger partial charge is 0.135 e. The van der Waals surface area contributed by atoms with Crippen LogP contribution in [0.2, 0.25) is 0 Å². The molecule has 0 unspecified atom stereocenters. The first-order chi connectivity index (χ1) is 7.77. The van der Waals surface area contributed by atoms with E-state index in [1.54, 1.807) is 11.3 Å². The minimum atomic E-state index is 0.522. The SMILES string of the molecule is CC(C)c1ccccc1C#Cc1cccs1. The molecule has 80 valence electrons. The van der Waals surface area contributed by atoms with E-state index in [0.29, 0.717) is 5.92 Å². The van der Waals surface area contributed by atoms with Crippen molar-refractivity contribution in [1.29, 1.82) is 0 Å². The van der Waals surface area contributed by atoms with Crippen molar-refractivity contribution in [3.05, 3.63) is 57.8 Å². The van der Waals surface area contributed by atoms with Crippen LogP contribution in [0.15, 0.2) is 41.8 Å². The van der Waals surface area contributed by atoms with Crippen LogP contribution < -0.4 is 0 Å². The first kappa shape index (κ1) is 11.0. The second-order valence-corrected chi connectivity index (χ2v) is 4.92. The second-order valence-electron chi connectivity index (χ2n) is 3.97. The third kappa shape index (κ3) is 2.53. The van der Waals surface area contributed by atoms with Gasteiger partial charge in [-0.05, 0) is 29.0 Å². The van der Waals surface area contributed by atoms with E-state index in [2.05, 4.69) is 55.3 Å². The van der Waals surface area contributed by atoms with Gasteiger partial charge in [0.1, 0.15) is 0 Å². The first-order valence-electron chi connectivity index (χ1n) is 5.42. The molecular weight excluding hydrogens is 212 g/mol. The lowest BCUT2D eigenvalue weighted by Crippen LogP contribution is -1.91. The van der Waals surface area contributed by atoms with E-state index in [-0.39, 0.29) is 0 Å². The van der Waals surface area contributed by atoms with Crippen molar-refractivity contribution in [2.45, 2.75) is 19.8 Å². The van der Waals surface area contributed by atoms with Crippen molar-refractivity contribution in [2.75, 3.05) is 0 Å². The summed E-state index contributed by atoms with van der Waals surface area (Å²) in [6, 6.07) is 12.5. The van der Waals surface area contributed by atoms with E-state index in [1.165, 1.54) is 5.56 Å². The maximum Gasteiger partial charge on any atom is 0.0772 e. The van der Waals surface area contributed by atoms with Crippen LogP contribution in [0.5, 0.6) is 0 Å². The zero-order valence-corrected chi connectivity index (χ0v) is 10.3. The maximum atomic E-state index is 3.26. The van der Waals surface area contributed by atoms with Gasteiger partial charge in [0.15, 0.2) is 0 Å². The molecule has 2 rings (SSSR count). The van der Waals surface area contributed by atoms with Crippen LogP contribution in [-0.4, -0.2) is 0 Å². The second kappa shape index (κ2) is 5.01. The van der Waals surface area contributed by atoms with Gasteiger partial charge in [0.05, 0.1) is 4.88 Å². The summed E-state index contributed by atoms with van der Waals surface area (Å²) in [5, 5.41) is 2.05. The van der Waals surface area contributed by atoms with Crippen LogP contribution in [0, 0.1) is 11.8 Å². The van der Waals surface area contributed by atoms with E-state index in [1.807, 2.05) is 12.1 Å². The molecule has 2 aromatic rings. The molecule has 0 bridgehead atoms. The predicted octanol–water partition coefficient (Wildman–Crippen LogP) is 4.27. The molecule has 16 heavy (non-hydrogen) atoms. The molecule has 0 aliphatic heterocycles. The molecular formula is C15H14S. The average molecular weight is 226 g/mol. The predicted molar refractivity (Wildman–Crippen MR) is 70.8 cm³/mol. The van der Waals surface area contributed by atoms with Gasteiger partial charge in [-0.25, -0.2) is 0 Å². The summed E-state index contributed by atoms with van der Waals surface area (Å²) in [5.41, 5.74) is 2.47. The van der Waals surface area contributed by atoms with Crippen molar-refractivity contribution >= 4 is 11.3 Å². The van der Waals surface area contributed by atoms with Gasteiger partial charge in [0.25, 0.3) is 0 Å². The van der Waals surface area contributed by atoms with Crippen LogP contribution in [0.25, 0.3) is 0 Å². The van der Waals surface area contributed by atoms with Crippen LogP contribution in [0.1, 0.15) is 35.8 Å². The number of rotatable bonds is 1. The molecule has 0 atom stereocenters. The van der Waals surface area contributed by atoms with Gasteiger partial charge in [-0.1, -0.05) is 50.0 Å². The Morgan fingerprint density at radius 1 is 1.00 bits per heavy atom. The van der Waals surface area contributed by atoms with E-state index in [9.17, 15) is 0 Å². The van der Waals surface area contributed by atoms with Crippen molar-refractivity contribution in [2.24, 2.45) is 0 Å². The van der Waals surface area contributed by atoms with Crippen LogP contribution in [0.4, 0.5) is 0 Å². The molecule has 0 radical (unpaired) electrons. The molecule has 0 aliphatic rings. The molecule has 0 saturated heterocycles. The topological polar surface area (TPSA) is 0 Å². The normalized spacial score (nSPS) is 9.94. The Labute approximate surface area is 101 Å². The number of hydrogen-bond donors (Lipinski definition) is 0. The minimum absolute atomic E-state index is 0.522. The lowest BCUT2D eigenvalue weighted by atomic mass is 9.98. The molecule has 1 heterocycles. The Hall–Kier alpha value is -1.52. The number of thiophene rings is 1. The Bertz CT molecular complexity index is 510. The Morgan fingerprint density at radius 3 is 2.50 bits per heavy atom. The summed E-state index contributed by atoms with van der Waals surface area (Å²) in [7, 11) is 0. The summed E-state index contributed by atoms with van der Waals surface area (Å²) in [5.74, 6) is 6.98. The molecule has 0 N–H and O–H groups in total.